The molecule has 7 heteroatoms. The number of sulfonamides is 1. The summed E-state index contributed by atoms with van der Waals surface area (Å²) >= 11 is 1.70. The molecule has 0 atom stereocenters. The molecule has 5 nitrogen and oxygen atoms in total. The monoisotopic (exact) mass is 404 g/mol. The molecule has 0 unspecified atom stereocenters. The minimum absolute atomic E-state index is 0.0920. The van der Waals surface area contributed by atoms with Gasteiger partial charge in [-0.05, 0) is 43.2 Å². The van der Waals surface area contributed by atoms with E-state index in [2.05, 4.69) is 35.9 Å². The molecule has 0 saturated carbocycles. The lowest BCUT2D eigenvalue weighted by Crippen LogP contribution is -2.26. The van der Waals surface area contributed by atoms with Gasteiger partial charge in [-0.25, -0.2) is 13.1 Å². The molecule has 1 amide bonds. The summed E-state index contributed by atoms with van der Waals surface area (Å²) in [6, 6.07) is 14.9. The molecule has 1 aliphatic heterocycles. The number of hydrogen-bond donors (Lipinski definition) is 1. The molecule has 0 radical (unpaired) electrons. The minimum Gasteiger partial charge on any atom is -0.312 e. The van der Waals surface area contributed by atoms with Crippen molar-refractivity contribution in [2.24, 2.45) is 0 Å². The van der Waals surface area contributed by atoms with Crippen LogP contribution in [0.2, 0.25) is 0 Å². The molecule has 144 valence electrons. The zero-order valence-electron chi connectivity index (χ0n) is 15.3. The Labute approximate surface area is 165 Å². The predicted molar refractivity (Wildman–Crippen MR) is 111 cm³/mol. The fraction of sp³-hybridized carbons (Fsp3) is 0.350. The highest BCUT2D eigenvalue weighted by molar-refractivity contribution is 7.98. The van der Waals surface area contributed by atoms with E-state index in [1.165, 1.54) is 11.1 Å². The van der Waals surface area contributed by atoms with Gasteiger partial charge in [-0.3, -0.25) is 4.79 Å². The maximum atomic E-state index is 12.4. The SMILES string of the molecule is Cc1ccc(CSCCNS(=O)(=O)c2ccc(N3CCCC3=O)cc2)cc1. The Kier molecular flexibility index (Phi) is 6.57. The molecule has 2 aromatic carbocycles. The third-order valence-electron chi connectivity index (χ3n) is 4.46. The van der Waals surface area contributed by atoms with E-state index in [4.69, 9.17) is 0 Å². The van der Waals surface area contributed by atoms with Gasteiger partial charge in [-0.2, -0.15) is 11.8 Å². The Morgan fingerprint density at radius 2 is 1.78 bits per heavy atom. The second-order valence-corrected chi connectivity index (χ2v) is 9.45. The van der Waals surface area contributed by atoms with Crippen LogP contribution in [0.25, 0.3) is 0 Å². The summed E-state index contributed by atoms with van der Waals surface area (Å²) in [6.07, 6.45) is 1.41. The van der Waals surface area contributed by atoms with Crippen LogP contribution in [-0.2, 0) is 20.6 Å². The van der Waals surface area contributed by atoms with Crippen LogP contribution in [0, 0.1) is 6.92 Å². The molecule has 1 aliphatic rings. The second kappa shape index (κ2) is 8.91. The first-order valence-corrected chi connectivity index (χ1v) is 11.6. The summed E-state index contributed by atoms with van der Waals surface area (Å²) < 4.78 is 27.4. The van der Waals surface area contributed by atoms with Crippen molar-refractivity contribution >= 4 is 33.4 Å². The van der Waals surface area contributed by atoms with Crippen molar-refractivity contribution in [3.63, 3.8) is 0 Å². The predicted octanol–water partition coefficient (Wildman–Crippen LogP) is 3.33. The molecule has 1 fully saturated rings. The van der Waals surface area contributed by atoms with Crippen LogP contribution < -0.4 is 9.62 Å². The molecule has 0 aromatic heterocycles. The largest absolute Gasteiger partial charge is 0.312 e. The second-order valence-electron chi connectivity index (χ2n) is 6.58. The fourth-order valence-electron chi connectivity index (χ4n) is 2.93. The number of aryl methyl sites for hydroxylation is 1. The third-order valence-corrected chi connectivity index (χ3v) is 6.97. The highest BCUT2D eigenvalue weighted by Crippen LogP contribution is 2.23. The topological polar surface area (TPSA) is 66.5 Å². The number of rotatable bonds is 8. The Morgan fingerprint density at radius 3 is 2.41 bits per heavy atom. The molecule has 3 rings (SSSR count). The van der Waals surface area contributed by atoms with Crippen LogP contribution in [0.1, 0.15) is 24.0 Å². The molecule has 1 N–H and O–H groups in total. The number of nitrogens with one attached hydrogen (secondary N) is 1. The molecular weight excluding hydrogens is 380 g/mol. The zero-order valence-corrected chi connectivity index (χ0v) is 17.0. The van der Waals surface area contributed by atoms with Gasteiger partial charge in [0.05, 0.1) is 4.90 Å². The van der Waals surface area contributed by atoms with Gasteiger partial charge in [0.2, 0.25) is 15.9 Å². The van der Waals surface area contributed by atoms with Crippen LogP contribution >= 0.6 is 11.8 Å². The van der Waals surface area contributed by atoms with Gasteiger partial charge in [-0.15, -0.1) is 0 Å². The quantitative estimate of drug-likeness (QED) is 0.686. The van der Waals surface area contributed by atoms with Gasteiger partial charge >= 0.3 is 0 Å². The fourth-order valence-corrected chi connectivity index (χ4v) is 4.91. The van der Waals surface area contributed by atoms with Crippen molar-refractivity contribution in [2.75, 3.05) is 23.7 Å². The van der Waals surface area contributed by atoms with Crippen LogP contribution in [-0.4, -0.2) is 33.2 Å². The summed E-state index contributed by atoms with van der Waals surface area (Å²) in [5, 5.41) is 0. The maximum Gasteiger partial charge on any atom is 0.240 e. The van der Waals surface area contributed by atoms with Crippen molar-refractivity contribution in [3.05, 3.63) is 59.7 Å². The van der Waals surface area contributed by atoms with Crippen LogP contribution in [0.15, 0.2) is 53.4 Å². The number of carbonyl (C=O) groups is 1. The number of thioether (sulfide) groups is 1. The van der Waals surface area contributed by atoms with Crippen molar-refractivity contribution in [3.8, 4) is 0 Å². The summed E-state index contributed by atoms with van der Waals surface area (Å²) in [4.78, 5) is 13.7. The van der Waals surface area contributed by atoms with E-state index in [1.807, 2.05) is 0 Å². The van der Waals surface area contributed by atoms with Crippen molar-refractivity contribution < 1.29 is 13.2 Å². The summed E-state index contributed by atoms with van der Waals surface area (Å²) in [5.41, 5.74) is 3.22. The number of nitrogens with zero attached hydrogens (tertiary/aromatic N) is 1. The number of benzene rings is 2. The van der Waals surface area contributed by atoms with Gasteiger partial charge < -0.3 is 4.90 Å². The maximum absolute atomic E-state index is 12.4. The summed E-state index contributed by atoms with van der Waals surface area (Å²) in [5.74, 6) is 1.66. The standard InChI is InChI=1S/C20H24N2O3S2/c1-16-4-6-17(7-5-16)15-26-14-12-21-27(24,25)19-10-8-18(9-11-19)22-13-2-3-20(22)23/h4-11,21H,2-3,12-15H2,1H3. The van der Waals surface area contributed by atoms with Gasteiger partial charge in [0.1, 0.15) is 0 Å². The zero-order chi connectivity index (χ0) is 19.3. The van der Waals surface area contributed by atoms with Gasteiger partial charge in [-0.1, -0.05) is 29.8 Å². The first-order valence-electron chi connectivity index (χ1n) is 8.99. The van der Waals surface area contributed by atoms with E-state index in [1.54, 1.807) is 40.9 Å². The van der Waals surface area contributed by atoms with Crippen LogP contribution in [0.4, 0.5) is 5.69 Å². The Balaban J connectivity index is 1.47. The van der Waals surface area contributed by atoms with E-state index in [9.17, 15) is 13.2 Å². The highest BCUT2D eigenvalue weighted by atomic mass is 32.2. The smallest absolute Gasteiger partial charge is 0.240 e. The average molecular weight is 405 g/mol. The van der Waals surface area contributed by atoms with E-state index >= 15 is 0 Å². The first-order chi connectivity index (χ1) is 13.0. The number of hydrogen-bond acceptors (Lipinski definition) is 4. The molecule has 0 spiro atoms. The Bertz CT molecular complexity index is 878. The van der Waals surface area contributed by atoms with Gasteiger partial charge in [0.15, 0.2) is 0 Å². The summed E-state index contributed by atoms with van der Waals surface area (Å²) in [7, 11) is -3.53. The van der Waals surface area contributed by atoms with Crippen LogP contribution in [0.3, 0.4) is 0 Å². The van der Waals surface area contributed by atoms with E-state index < -0.39 is 10.0 Å². The Morgan fingerprint density at radius 1 is 1.07 bits per heavy atom. The third kappa shape index (κ3) is 5.34. The highest BCUT2D eigenvalue weighted by Gasteiger charge is 2.22. The normalized spacial score (nSPS) is 14.7. The van der Waals surface area contributed by atoms with Crippen molar-refractivity contribution in [1.29, 1.82) is 0 Å². The number of amides is 1. The lowest BCUT2D eigenvalue weighted by atomic mass is 10.2. The minimum atomic E-state index is -3.53. The Hall–Kier alpha value is -1.83. The number of carbonyl (C=O) groups excluding carboxylic acids is 1. The first kappa shape index (κ1) is 19.9. The summed E-state index contributed by atoms with van der Waals surface area (Å²) in [6.45, 7) is 3.13. The molecule has 0 bridgehead atoms. The van der Waals surface area contributed by atoms with Gasteiger partial charge in [0.25, 0.3) is 0 Å². The molecule has 2 aromatic rings. The van der Waals surface area contributed by atoms with E-state index in [0.29, 0.717) is 25.3 Å². The molecule has 27 heavy (non-hydrogen) atoms. The van der Waals surface area contributed by atoms with E-state index in [0.717, 1.165) is 17.9 Å². The van der Waals surface area contributed by atoms with Gasteiger partial charge in [0, 0.05) is 36.7 Å². The lowest BCUT2D eigenvalue weighted by Gasteiger charge is -2.16. The van der Waals surface area contributed by atoms with Crippen molar-refractivity contribution in [2.45, 2.75) is 30.4 Å². The lowest BCUT2D eigenvalue weighted by molar-refractivity contribution is -0.117. The average Bonchev–Trinajstić information content (AvgIpc) is 3.09. The van der Waals surface area contributed by atoms with Crippen molar-refractivity contribution in [1.82, 2.24) is 4.72 Å². The molecular formula is C20H24N2O3S2. The van der Waals surface area contributed by atoms with E-state index in [-0.39, 0.29) is 10.8 Å². The number of anilines is 1. The molecule has 1 heterocycles. The van der Waals surface area contributed by atoms with Crippen LogP contribution in [0.5, 0.6) is 0 Å². The molecule has 1 saturated heterocycles. The molecule has 0 aliphatic carbocycles.